The third kappa shape index (κ3) is 6.72. The molecule has 1 saturated carbocycles. The molecule has 146 valence electrons. The van der Waals surface area contributed by atoms with Gasteiger partial charge in [-0.05, 0) is 31.3 Å². The molecule has 0 aromatic carbocycles. The molecule has 0 spiro atoms. The van der Waals surface area contributed by atoms with Crippen molar-refractivity contribution in [2.75, 3.05) is 25.0 Å². The zero-order valence-electron chi connectivity index (χ0n) is 14.6. The topological polar surface area (TPSA) is 90.4 Å². The number of halogens is 2. The lowest BCUT2D eigenvalue weighted by atomic mass is 10.1. The molecule has 9 heteroatoms. The Balaban J connectivity index is 0.00000169. The predicted octanol–water partition coefficient (Wildman–Crippen LogP) is 2.52. The lowest BCUT2D eigenvalue weighted by molar-refractivity contribution is -0.124. The van der Waals surface area contributed by atoms with Crippen molar-refractivity contribution in [2.24, 2.45) is 5.92 Å². The van der Waals surface area contributed by atoms with Gasteiger partial charge in [-0.15, -0.1) is 24.8 Å². The van der Waals surface area contributed by atoms with Crippen molar-refractivity contribution in [3.63, 3.8) is 0 Å². The summed E-state index contributed by atoms with van der Waals surface area (Å²) in [6.07, 6.45) is 12.7. The van der Waals surface area contributed by atoms with E-state index in [0.29, 0.717) is 11.7 Å². The average Bonchev–Trinajstić information content (AvgIpc) is 3.26. The van der Waals surface area contributed by atoms with Gasteiger partial charge in [0.25, 0.3) is 5.91 Å². The van der Waals surface area contributed by atoms with E-state index in [9.17, 15) is 4.79 Å². The molecule has 1 aliphatic heterocycles. The summed E-state index contributed by atoms with van der Waals surface area (Å²) < 4.78 is 0. The molecule has 0 unspecified atom stereocenters. The van der Waals surface area contributed by atoms with Crippen LogP contribution in [0.1, 0.15) is 37.8 Å². The number of nitrogens with zero attached hydrogens (tertiary/aromatic N) is 3. The summed E-state index contributed by atoms with van der Waals surface area (Å²) in [4.78, 5) is 22.1. The second kappa shape index (κ2) is 11.3. The maximum absolute atomic E-state index is 10.9. The highest BCUT2D eigenvalue weighted by Gasteiger charge is 2.26. The van der Waals surface area contributed by atoms with Crippen molar-refractivity contribution >= 4 is 42.6 Å². The maximum atomic E-state index is 10.9. The number of carbonyl (C=O) groups excluding carboxylic acids is 1. The Labute approximate surface area is 166 Å². The highest BCUT2D eigenvalue weighted by Crippen LogP contribution is 2.27. The monoisotopic (exact) mass is 403 g/mol. The molecule has 0 radical (unpaired) electrons. The standard InChI is InChI=1S/C17H25N5O2.2ClH/c23-17(21-24)6-5-14-9-19-16(10-18-14)20-15-7-8-22(12-15)11-13-3-1-2-4-13;;/h5-6,9-10,13,15,24H,1-4,7-8,11-12H2,(H,19,20)(H,21,23);2*1H/t15-;;/m1../s1. The van der Waals surface area contributed by atoms with Crippen LogP contribution in [0, 0.1) is 5.92 Å². The van der Waals surface area contributed by atoms with Gasteiger partial charge < -0.3 is 10.2 Å². The molecular weight excluding hydrogens is 377 g/mol. The summed E-state index contributed by atoms with van der Waals surface area (Å²) in [7, 11) is 0. The van der Waals surface area contributed by atoms with Crippen LogP contribution in [0.4, 0.5) is 5.82 Å². The molecular formula is C17H27Cl2N5O2. The molecule has 1 amide bonds. The van der Waals surface area contributed by atoms with Gasteiger partial charge in [0.05, 0.1) is 18.1 Å². The van der Waals surface area contributed by atoms with E-state index in [2.05, 4.69) is 20.2 Å². The Hall–Kier alpha value is -1.41. The minimum Gasteiger partial charge on any atom is -0.365 e. The highest BCUT2D eigenvalue weighted by atomic mass is 35.5. The molecule has 3 N–H and O–H groups in total. The van der Waals surface area contributed by atoms with Gasteiger partial charge in [-0.1, -0.05) is 12.8 Å². The maximum Gasteiger partial charge on any atom is 0.267 e. The summed E-state index contributed by atoms with van der Waals surface area (Å²) in [5.74, 6) is 1.06. The van der Waals surface area contributed by atoms with E-state index in [0.717, 1.165) is 31.2 Å². The molecule has 1 aromatic rings. The van der Waals surface area contributed by atoms with Crippen LogP contribution in [0.2, 0.25) is 0 Å². The van der Waals surface area contributed by atoms with Gasteiger partial charge in [0.2, 0.25) is 0 Å². The number of hydroxylamine groups is 1. The van der Waals surface area contributed by atoms with Gasteiger partial charge in [0.1, 0.15) is 5.82 Å². The van der Waals surface area contributed by atoms with Crippen molar-refractivity contribution < 1.29 is 10.0 Å². The van der Waals surface area contributed by atoms with Crippen LogP contribution >= 0.6 is 24.8 Å². The Kier molecular flexibility index (Phi) is 9.87. The number of amides is 1. The number of hydrogen-bond donors (Lipinski definition) is 3. The molecule has 2 aliphatic rings. The van der Waals surface area contributed by atoms with Crippen LogP contribution in [-0.4, -0.2) is 51.7 Å². The lowest BCUT2D eigenvalue weighted by Gasteiger charge is -2.20. The SMILES string of the molecule is Cl.Cl.O=C(C=Cc1cnc(N[C@@H]2CCN(CC3CCCC3)C2)cn1)NO. The highest BCUT2D eigenvalue weighted by molar-refractivity contribution is 5.90. The van der Waals surface area contributed by atoms with Crippen molar-refractivity contribution in [3.05, 3.63) is 24.2 Å². The van der Waals surface area contributed by atoms with Crippen molar-refractivity contribution in [3.8, 4) is 0 Å². The zero-order valence-corrected chi connectivity index (χ0v) is 16.3. The molecule has 1 aromatic heterocycles. The number of hydrogen-bond acceptors (Lipinski definition) is 6. The molecule has 1 aliphatic carbocycles. The number of carbonyl (C=O) groups is 1. The van der Waals surface area contributed by atoms with Gasteiger partial charge in [0, 0.05) is 31.8 Å². The van der Waals surface area contributed by atoms with Crippen LogP contribution < -0.4 is 10.8 Å². The number of anilines is 1. The Morgan fingerprint density at radius 1 is 1.23 bits per heavy atom. The second-order valence-corrected chi connectivity index (χ2v) is 6.68. The number of nitrogens with one attached hydrogen (secondary N) is 2. The Morgan fingerprint density at radius 3 is 2.65 bits per heavy atom. The molecule has 1 saturated heterocycles. The van der Waals surface area contributed by atoms with E-state index in [1.54, 1.807) is 12.4 Å². The third-order valence-electron chi connectivity index (χ3n) is 4.80. The Morgan fingerprint density at radius 2 is 2.00 bits per heavy atom. The zero-order chi connectivity index (χ0) is 16.8. The first-order valence-corrected chi connectivity index (χ1v) is 8.66. The smallest absolute Gasteiger partial charge is 0.267 e. The van der Waals surface area contributed by atoms with Crippen molar-refractivity contribution in [1.82, 2.24) is 20.3 Å². The first-order valence-electron chi connectivity index (χ1n) is 8.66. The van der Waals surface area contributed by atoms with E-state index in [4.69, 9.17) is 5.21 Å². The molecule has 0 bridgehead atoms. The first-order chi connectivity index (χ1) is 11.7. The lowest BCUT2D eigenvalue weighted by Crippen LogP contribution is -2.30. The van der Waals surface area contributed by atoms with E-state index in [-0.39, 0.29) is 24.8 Å². The van der Waals surface area contributed by atoms with E-state index in [1.165, 1.54) is 49.9 Å². The van der Waals surface area contributed by atoms with E-state index >= 15 is 0 Å². The molecule has 3 rings (SSSR count). The minimum absolute atomic E-state index is 0. The second-order valence-electron chi connectivity index (χ2n) is 6.68. The molecule has 2 heterocycles. The average molecular weight is 404 g/mol. The predicted molar refractivity (Wildman–Crippen MR) is 106 cm³/mol. The minimum atomic E-state index is -0.590. The fourth-order valence-corrected chi connectivity index (χ4v) is 3.58. The molecule has 26 heavy (non-hydrogen) atoms. The quantitative estimate of drug-likeness (QED) is 0.384. The van der Waals surface area contributed by atoms with Gasteiger partial charge in [0.15, 0.2) is 0 Å². The van der Waals surface area contributed by atoms with Crippen LogP contribution in [0.5, 0.6) is 0 Å². The van der Waals surface area contributed by atoms with Gasteiger partial charge in [-0.25, -0.2) is 10.5 Å². The first kappa shape index (κ1) is 22.6. The number of likely N-dealkylation sites (tertiary alicyclic amines) is 1. The van der Waals surface area contributed by atoms with Crippen LogP contribution in [0.15, 0.2) is 18.5 Å². The summed E-state index contributed by atoms with van der Waals surface area (Å²) in [5.41, 5.74) is 2.10. The van der Waals surface area contributed by atoms with Crippen molar-refractivity contribution in [2.45, 2.75) is 38.1 Å². The summed E-state index contributed by atoms with van der Waals surface area (Å²) in [6, 6.07) is 0.419. The summed E-state index contributed by atoms with van der Waals surface area (Å²) in [5, 5.41) is 11.9. The van der Waals surface area contributed by atoms with E-state index < -0.39 is 5.91 Å². The largest absolute Gasteiger partial charge is 0.365 e. The fraction of sp³-hybridized carbons (Fsp3) is 0.588. The van der Waals surface area contributed by atoms with Gasteiger partial charge >= 0.3 is 0 Å². The summed E-state index contributed by atoms with van der Waals surface area (Å²) >= 11 is 0. The Bertz CT molecular complexity index is 579. The number of aromatic nitrogens is 2. The fourth-order valence-electron chi connectivity index (χ4n) is 3.58. The van der Waals surface area contributed by atoms with Crippen molar-refractivity contribution in [1.29, 1.82) is 0 Å². The van der Waals surface area contributed by atoms with Crippen LogP contribution in [-0.2, 0) is 4.79 Å². The molecule has 7 nitrogen and oxygen atoms in total. The third-order valence-corrected chi connectivity index (χ3v) is 4.80. The molecule has 1 atom stereocenters. The van der Waals surface area contributed by atoms with Gasteiger partial charge in [-0.3, -0.25) is 15.0 Å². The van der Waals surface area contributed by atoms with Gasteiger partial charge in [-0.2, -0.15) is 0 Å². The normalized spacial score (nSPS) is 20.6. The van der Waals surface area contributed by atoms with Crippen LogP contribution in [0.25, 0.3) is 6.08 Å². The van der Waals surface area contributed by atoms with Crippen LogP contribution in [0.3, 0.4) is 0 Å². The summed E-state index contributed by atoms with van der Waals surface area (Å²) in [6.45, 7) is 3.45. The number of rotatable bonds is 6. The van der Waals surface area contributed by atoms with E-state index in [1.807, 2.05) is 0 Å². The molecule has 2 fully saturated rings.